The van der Waals surface area contributed by atoms with Crippen molar-refractivity contribution in [1.29, 1.82) is 0 Å². The molecule has 0 spiro atoms. The molecule has 0 saturated carbocycles. The van der Waals surface area contributed by atoms with Gasteiger partial charge < -0.3 is 0 Å². The van der Waals surface area contributed by atoms with Crippen molar-refractivity contribution >= 4 is 12.2 Å². The van der Waals surface area contributed by atoms with Crippen LogP contribution >= 0.6 is 0 Å². The number of anilines is 1. The first-order chi connectivity index (χ1) is 7.22. The Kier molecular flexibility index (Phi) is 2.37. The Labute approximate surface area is 86.6 Å². The summed E-state index contributed by atoms with van der Waals surface area (Å²) in [7, 11) is 0. The molecular weight excluding hydrogens is 197 g/mol. The highest BCUT2D eigenvalue weighted by Crippen LogP contribution is 2.22. The molecule has 0 N–H and O–H groups in total. The molecule has 78 valence electrons. The van der Waals surface area contributed by atoms with Crippen molar-refractivity contribution in [2.45, 2.75) is 6.92 Å². The minimum Gasteiger partial charge on any atom is -0.277 e. The van der Waals surface area contributed by atoms with Crippen molar-refractivity contribution in [2.75, 3.05) is 11.6 Å². The van der Waals surface area contributed by atoms with Crippen LogP contribution in [0, 0.1) is 5.82 Å². The van der Waals surface area contributed by atoms with E-state index in [0.29, 0.717) is 13.0 Å². The number of aromatic nitrogens is 1. The van der Waals surface area contributed by atoms with E-state index in [1.165, 1.54) is 28.3 Å². The quantitative estimate of drug-likeness (QED) is 0.686. The van der Waals surface area contributed by atoms with E-state index >= 15 is 0 Å². The maximum absolute atomic E-state index is 13.4. The number of carbonyl (C=O) groups is 1. The Morgan fingerprint density at radius 2 is 2.40 bits per heavy atom. The third kappa shape index (κ3) is 1.68. The number of hydrazine groups is 1. The first kappa shape index (κ1) is 9.64. The van der Waals surface area contributed by atoms with Crippen LogP contribution in [0.2, 0.25) is 0 Å². The lowest BCUT2D eigenvalue weighted by Crippen LogP contribution is -2.35. The fourth-order valence-corrected chi connectivity index (χ4v) is 1.47. The Hall–Kier alpha value is -1.91. The zero-order valence-corrected chi connectivity index (χ0v) is 8.22. The SMILES string of the molecule is CC1=CN(c2ncccc2F)N(C=O)C1. The van der Waals surface area contributed by atoms with Gasteiger partial charge in [-0.1, -0.05) is 0 Å². The Morgan fingerprint density at radius 3 is 3.07 bits per heavy atom. The van der Waals surface area contributed by atoms with Crippen LogP contribution in [-0.4, -0.2) is 22.9 Å². The van der Waals surface area contributed by atoms with Crippen LogP contribution in [0.1, 0.15) is 6.92 Å². The topological polar surface area (TPSA) is 36.4 Å². The molecule has 1 aliphatic heterocycles. The second-order valence-corrected chi connectivity index (χ2v) is 3.33. The molecule has 0 bridgehead atoms. The zero-order valence-electron chi connectivity index (χ0n) is 8.22. The van der Waals surface area contributed by atoms with Gasteiger partial charge in [0.25, 0.3) is 0 Å². The zero-order chi connectivity index (χ0) is 10.8. The second-order valence-electron chi connectivity index (χ2n) is 3.33. The molecular formula is C10H10FN3O. The van der Waals surface area contributed by atoms with Gasteiger partial charge in [0, 0.05) is 12.4 Å². The van der Waals surface area contributed by atoms with Crippen LogP contribution in [0.5, 0.6) is 0 Å². The molecule has 15 heavy (non-hydrogen) atoms. The standard InChI is InChI=1S/C10H10FN3O/c1-8-5-13(7-15)14(6-8)10-9(11)3-2-4-12-10/h2-4,6-7H,5H2,1H3. The van der Waals surface area contributed by atoms with Crippen LogP contribution in [0.4, 0.5) is 10.2 Å². The number of hydrogen-bond donors (Lipinski definition) is 0. The normalized spacial score (nSPS) is 15.5. The molecule has 0 radical (unpaired) electrons. The summed E-state index contributed by atoms with van der Waals surface area (Å²) >= 11 is 0. The first-order valence-corrected chi connectivity index (χ1v) is 4.51. The smallest absolute Gasteiger partial charge is 0.228 e. The highest BCUT2D eigenvalue weighted by atomic mass is 19.1. The van der Waals surface area contributed by atoms with E-state index in [1.54, 1.807) is 6.20 Å². The molecule has 4 nitrogen and oxygen atoms in total. The first-order valence-electron chi connectivity index (χ1n) is 4.51. The fraction of sp³-hybridized carbons (Fsp3) is 0.200. The van der Waals surface area contributed by atoms with Gasteiger partial charge in [-0.15, -0.1) is 0 Å². The van der Waals surface area contributed by atoms with Crippen molar-refractivity contribution in [1.82, 2.24) is 9.99 Å². The summed E-state index contributed by atoms with van der Waals surface area (Å²) in [4.78, 5) is 14.6. The molecule has 0 saturated heterocycles. The average Bonchev–Trinajstić information content (AvgIpc) is 2.60. The minimum atomic E-state index is -0.449. The molecule has 2 rings (SSSR count). The van der Waals surface area contributed by atoms with Gasteiger partial charge in [-0.3, -0.25) is 4.79 Å². The van der Waals surface area contributed by atoms with Crippen LogP contribution in [0.25, 0.3) is 0 Å². The van der Waals surface area contributed by atoms with Crippen LogP contribution < -0.4 is 5.01 Å². The summed E-state index contributed by atoms with van der Waals surface area (Å²) in [6.07, 6.45) is 3.84. The van der Waals surface area contributed by atoms with Crippen LogP contribution in [0.15, 0.2) is 30.1 Å². The molecule has 1 aromatic heterocycles. The van der Waals surface area contributed by atoms with Crippen LogP contribution in [-0.2, 0) is 4.79 Å². The lowest BCUT2D eigenvalue weighted by atomic mass is 10.3. The monoisotopic (exact) mass is 207 g/mol. The van der Waals surface area contributed by atoms with Crippen molar-refractivity contribution < 1.29 is 9.18 Å². The molecule has 5 heteroatoms. The number of halogens is 1. The molecule has 1 amide bonds. The molecule has 1 aromatic rings. The molecule has 1 aliphatic rings. The Bertz CT molecular complexity index is 419. The summed E-state index contributed by atoms with van der Waals surface area (Å²) < 4.78 is 13.4. The van der Waals surface area contributed by atoms with Crippen molar-refractivity contribution in [3.05, 3.63) is 35.9 Å². The maximum Gasteiger partial charge on any atom is 0.228 e. The molecule has 0 atom stereocenters. The summed E-state index contributed by atoms with van der Waals surface area (Å²) in [6.45, 7) is 2.34. The molecule has 2 heterocycles. The third-order valence-corrected chi connectivity index (χ3v) is 2.11. The fourth-order valence-electron chi connectivity index (χ4n) is 1.47. The predicted octanol–water partition coefficient (Wildman–Crippen LogP) is 1.32. The number of amides is 1. The summed E-state index contributed by atoms with van der Waals surface area (Å²) in [5, 5.41) is 2.78. The molecule has 0 aromatic carbocycles. The Balaban J connectivity index is 2.38. The van der Waals surface area contributed by atoms with E-state index in [0.717, 1.165) is 5.57 Å². The van der Waals surface area contributed by atoms with Gasteiger partial charge in [0.15, 0.2) is 11.6 Å². The lowest BCUT2D eigenvalue weighted by molar-refractivity contribution is -0.117. The number of nitrogens with zero attached hydrogens (tertiary/aromatic N) is 3. The van der Waals surface area contributed by atoms with Gasteiger partial charge in [0.1, 0.15) is 0 Å². The summed E-state index contributed by atoms with van der Waals surface area (Å²) in [5.41, 5.74) is 0.979. The van der Waals surface area contributed by atoms with Gasteiger partial charge in [-0.25, -0.2) is 19.4 Å². The van der Waals surface area contributed by atoms with E-state index < -0.39 is 5.82 Å². The van der Waals surface area contributed by atoms with E-state index in [9.17, 15) is 9.18 Å². The van der Waals surface area contributed by atoms with Gasteiger partial charge in [-0.2, -0.15) is 0 Å². The highest BCUT2D eigenvalue weighted by Gasteiger charge is 2.22. The number of hydrogen-bond acceptors (Lipinski definition) is 3. The molecule has 0 unspecified atom stereocenters. The van der Waals surface area contributed by atoms with E-state index in [1.807, 2.05) is 6.92 Å². The van der Waals surface area contributed by atoms with Crippen molar-refractivity contribution in [3.63, 3.8) is 0 Å². The van der Waals surface area contributed by atoms with E-state index in [4.69, 9.17) is 0 Å². The van der Waals surface area contributed by atoms with Gasteiger partial charge in [0.2, 0.25) is 6.41 Å². The van der Waals surface area contributed by atoms with Crippen molar-refractivity contribution in [3.8, 4) is 0 Å². The molecule has 0 aliphatic carbocycles. The average molecular weight is 207 g/mol. The largest absolute Gasteiger partial charge is 0.277 e. The van der Waals surface area contributed by atoms with Gasteiger partial charge in [0.05, 0.1) is 6.54 Å². The third-order valence-electron chi connectivity index (χ3n) is 2.11. The number of carbonyl (C=O) groups excluding carboxylic acids is 1. The summed E-state index contributed by atoms with van der Waals surface area (Å²) in [6, 6.07) is 2.82. The highest BCUT2D eigenvalue weighted by molar-refractivity contribution is 5.58. The Morgan fingerprint density at radius 1 is 1.60 bits per heavy atom. The van der Waals surface area contributed by atoms with Crippen LogP contribution in [0.3, 0.4) is 0 Å². The second kappa shape index (κ2) is 3.68. The maximum atomic E-state index is 13.4. The number of rotatable bonds is 2. The van der Waals surface area contributed by atoms with E-state index in [-0.39, 0.29) is 5.82 Å². The van der Waals surface area contributed by atoms with Gasteiger partial charge >= 0.3 is 0 Å². The lowest BCUT2D eigenvalue weighted by Gasteiger charge is -2.23. The predicted molar refractivity (Wildman–Crippen MR) is 53.2 cm³/mol. The van der Waals surface area contributed by atoms with E-state index in [2.05, 4.69) is 4.98 Å². The van der Waals surface area contributed by atoms with Gasteiger partial charge in [-0.05, 0) is 24.6 Å². The number of pyridine rings is 1. The van der Waals surface area contributed by atoms with Crippen molar-refractivity contribution in [2.24, 2.45) is 0 Å². The molecule has 0 fully saturated rings. The summed E-state index contributed by atoms with van der Waals surface area (Å²) in [5.74, 6) is -0.309. The minimum absolute atomic E-state index is 0.140.